The zero-order valence-corrected chi connectivity index (χ0v) is 12.7. The topological polar surface area (TPSA) is 20.3 Å². The number of hydrogen-bond acceptors (Lipinski definition) is 1. The molecule has 1 aromatic carbocycles. The number of benzene rings is 1. The molecule has 1 amide bonds. The molecule has 104 valence electrons. The molecule has 0 spiro atoms. The molecule has 0 heterocycles. The second-order valence-electron chi connectivity index (χ2n) is 5.16. The van der Waals surface area contributed by atoms with Crippen LogP contribution in [0.2, 0.25) is 10.0 Å². The molecule has 1 saturated carbocycles. The Hall–Kier alpha value is -0.730. The van der Waals surface area contributed by atoms with Gasteiger partial charge in [-0.3, -0.25) is 4.79 Å². The van der Waals surface area contributed by atoms with Crippen molar-refractivity contribution < 1.29 is 4.79 Å². The number of nitrogens with zero attached hydrogens (tertiary/aromatic N) is 1. The molecule has 2 nitrogen and oxygen atoms in total. The molecular weight excluding hydrogens is 281 g/mol. The average Bonchev–Trinajstić information content (AvgIpc) is 3.17. The van der Waals surface area contributed by atoms with Crippen LogP contribution >= 0.6 is 23.2 Å². The Labute approximate surface area is 124 Å². The highest BCUT2D eigenvalue weighted by atomic mass is 35.5. The van der Waals surface area contributed by atoms with Gasteiger partial charge in [-0.25, -0.2) is 0 Å². The first kappa shape index (κ1) is 14.7. The highest BCUT2D eigenvalue weighted by molar-refractivity contribution is 6.36. The maximum atomic E-state index is 12.4. The minimum atomic E-state index is 0.128. The zero-order valence-electron chi connectivity index (χ0n) is 11.2. The van der Waals surface area contributed by atoms with E-state index in [0.717, 1.165) is 25.1 Å². The Kier molecular flexibility index (Phi) is 5.12. The summed E-state index contributed by atoms with van der Waals surface area (Å²) in [4.78, 5) is 14.3. The van der Waals surface area contributed by atoms with E-state index in [1.807, 2.05) is 4.90 Å². The number of rotatable bonds is 6. The Morgan fingerprint density at radius 2 is 1.95 bits per heavy atom. The van der Waals surface area contributed by atoms with E-state index in [1.54, 1.807) is 18.2 Å². The minimum absolute atomic E-state index is 0.128. The van der Waals surface area contributed by atoms with Gasteiger partial charge in [0, 0.05) is 23.1 Å². The minimum Gasteiger partial charge on any atom is -0.342 e. The third-order valence-electron chi connectivity index (χ3n) is 3.41. The molecule has 0 atom stereocenters. The van der Waals surface area contributed by atoms with Gasteiger partial charge >= 0.3 is 0 Å². The van der Waals surface area contributed by atoms with E-state index < -0.39 is 0 Å². The van der Waals surface area contributed by atoms with Crippen molar-refractivity contribution in [3.63, 3.8) is 0 Å². The first-order chi connectivity index (χ1) is 9.11. The van der Waals surface area contributed by atoms with Crippen LogP contribution in [0.3, 0.4) is 0 Å². The number of halogens is 2. The molecular formula is C15H19Cl2NO. The highest BCUT2D eigenvalue weighted by Crippen LogP contribution is 2.30. The van der Waals surface area contributed by atoms with E-state index in [1.165, 1.54) is 12.8 Å². The van der Waals surface area contributed by atoms with Crippen LogP contribution in [-0.4, -0.2) is 23.9 Å². The van der Waals surface area contributed by atoms with Gasteiger partial charge in [-0.15, -0.1) is 0 Å². The molecule has 0 aromatic heterocycles. The fourth-order valence-electron chi connectivity index (χ4n) is 2.16. The van der Waals surface area contributed by atoms with Gasteiger partial charge in [-0.05, 0) is 42.9 Å². The number of hydrogen-bond donors (Lipinski definition) is 0. The SMILES string of the molecule is CCCN(CC1CC1)C(=O)Cc1c(Cl)cccc1Cl. The van der Waals surface area contributed by atoms with Gasteiger partial charge in [-0.2, -0.15) is 0 Å². The average molecular weight is 300 g/mol. The van der Waals surface area contributed by atoms with Crippen molar-refractivity contribution in [2.24, 2.45) is 5.92 Å². The van der Waals surface area contributed by atoms with Gasteiger partial charge in [0.25, 0.3) is 0 Å². The van der Waals surface area contributed by atoms with Gasteiger partial charge < -0.3 is 4.90 Å². The maximum absolute atomic E-state index is 12.4. The summed E-state index contributed by atoms with van der Waals surface area (Å²) in [6, 6.07) is 5.36. The van der Waals surface area contributed by atoms with Crippen molar-refractivity contribution in [3.05, 3.63) is 33.8 Å². The van der Waals surface area contributed by atoms with Crippen molar-refractivity contribution in [2.75, 3.05) is 13.1 Å². The van der Waals surface area contributed by atoms with Crippen molar-refractivity contribution in [1.29, 1.82) is 0 Å². The van der Waals surface area contributed by atoms with E-state index in [4.69, 9.17) is 23.2 Å². The van der Waals surface area contributed by atoms with Crippen molar-refractivity contribution >= 4 is 29.1 Å². The quantitative estimate of drug-likeness (QED) is 0.771. The van der Waals surface area contributed by atoms with E-state index >= 15 is 0 Å². The molecule has 1 aliphatic rings. The van der Waals surface area contributed by atoms with Crippen LogP contribution in [0.5, 0.6) is 0 Å². The standard InChI is InChI=1S/C15H19Cl2NO/c1-2-8-18(10-11-6-7-11)15(19)9-12-13(16)4-3-5-14(12)17/h3-5,11H,2,6-10H2,1H3. The van der Waals surface area contributed by atoms with Crippen molar-refractivity contribution in [1.82, 2.24) is 4.90 Å². The van der Waals surface area contributed by atoms with Crippen LogP contribution < -0.4 is 0 Å². The molecule has 2 rings (SSSR count). The summed E-state index contributed by atoms with van der Waals surface area (Å²) in [5, 5.41) is 1.15. The van der Waals surface area contributed by atoms with E-state index in [-0.39, 0.29) is 5.91 Å². The summed E-state index contributed by atoms with van der Waals surface area (Å²) in [6.45, 7) is 3.79. The molecule has 1 aliphatic carbocycles. The lowest BCUT2D eigenvalue weighted by Crippen LogP contribution is -2.34. The number of amides is 1. The van der Waals surface area contributed by atoms with Crippen LogP contribution in [0.25, 0.3) is 0 Å². The first-order valence-corrected chi connectivity index (χ1v) is 7.58. The number of carbonyl (C=O) groups excluding carboxylic acids is 1. The summed E-state index contributed by atoms with van der Waals surface area (Å²) in [5.41, 5.74) is 0.743. The molecule has 4 heteroatoms. The molecule has 1 fully saturated rings. The Morgan fingerprint density at radius 3 is 2.47 bits per heavy atom. The fourth-order valence-corrected chi connectivity index (χ4v) is 2.70. The second kappa shape index (κ2) is 6.62. The van der Waals surface area contributed by atoms with Gasteiger partial charge in [0.2, 0.25) is 5.91 Å². The predicted octanol–water partition coefficient (Wildman–Crippen LogP) is 4.18. The first-order valence-electron chi connectivity index (χ1n) is 6.82. The third-order valence-corrected chi connectivity index (χ3v) is 4.12. The Balaban J connectivity index is 2.04. The summed E-state index contributed by atoms with van der Waals surface area (Å²) >= 11 is 12.2. The summed E-state index contributed by atoms with van der Waals surface area (Å²) in [6.07, 6.45) is 3.78. The largest absolute Gasteiger partial charge is 0.342 e. The summed E-state index contributed by atoms with van der Waals surface area (Å²) < 4.78 is 0. The molecule has 0 aliphatic heterocycles. The van der Waals surface area contributed by atoms with Crippen LogP contribution in [0.15, 0.2) is 18.2 Å². The summed E-state index contributed by atoms with van der Waals surface area (Å²) in [5.74, 6) is 0.834. The van der Waals surface area contributed by atoms with Crippen molar-refractivity contribution in [3.8, 4) is 0 Å². The molecule has 0 radical (unpaired) electrons. The molecule has 0 N–H and O–H groups in total. The number of carbonyl (C=O) groups is 1. The monoisotopic (exact) mass is 299 g/mol. The van der Waals surface area contributed by atoms with Gasteiger partial charge in [0.1, 0.15) is 0 Å². The zero-order chi connectivity index (χ0) is 13.8. The van der Waals surface area contributed by atoms with E-state index in [9.17, 15) is 4.79 Å². The Bertz CT molecular complexity index is 437. The highest BCUT2D eigenvalue weighted by Gasteiger charge is 2.26. The van der Waals surface area contributed by atoms with Crippen LogP contribution in [0, 0.1) is 5.92 Å². The molecule has 1 aromatic rings. The smallest absolute Gasteiger partial charge is 0.227 e. The lowest BCUT2D eigenvalue weighted by molar-refractivity contribution is -0.130. The van der Waals surface area contributed by atoms with E-state index in [0.29, 0.717) is 22.4 Å². The molecule has 19 heavy (non-hydrogen) atoms. The lowest BCUT2D eigenvalue weighted by Gasteiger charge is -2.22. The molecule has 0 bridgehead atoms. The lowest BCUT2D eigenvalue weighted by atomic mass is 10.1. The fraction of sp³-hybridized carbons (Fsp3) is 0.533. The maximum Gasteiger partial charge on any atom is 0.227 e. The third kappa shape index (κ3) is 4.12. The van der Waals surface area contributed by atoms with Gasteiger partial charge in [0.15, 0.2) is 0 Å². The predicted molar refractivity (Wildman–Crippen MR) is 79.8 cm³/mol. The summed E-state index contributed by atoms with van der Waals surface area (Å²) in [7, 11) is 0. The van der Waals surface area contributed by atoms with Crippen LogP contribution in [0.1, 0.15) is 31.7 Å². The molecule has 0 unspecified atom stereocenters. The second-order valence-corrected chi connectivity index (χ2v) is 5.97. The molecule has 0 saturated heterocycles. The van der Waals surface area contributed by atoms with Gasteiger partial charge in [-0.1, -0.05) is 36.2 Å². The normalized spacial score (nSPS) is 14.5. The van der Waals surface area contributed by atoms with Crippen LogP contribution in [-0.2, 0) is 11.2 Å². The van der Waals surface area contributed by atoms with Crippen LogP contribution in [0.4, 0.5) is 0 Å². The van der Waals surface area contributed by atoms with Gasteiger partial charge in [0.05, 0.1) is 6.42 Å². The Morgan fingerprint density at radius 1 is 1.32 bits per heavy atom. The van der Waals surface area contributed by atoms with Crippen molar-refractivity contribution in [2.45, 2.75) is 32.6 Å². The van der Waals surface area contributed by atoms with E-state index in [2.05, 4.69) is 6.92 Å².